The predicted octanol–water partition coefficient (Wildman–Crippen LogP) is 2.70. The van der Waals surface area contributed by atoms with E-state index in [2.05, 4.69) is 26.2 Å². The molecule has 42 valence electrons. The predicted molar refractivity (Wildman–Crippen MR) is 41.1 cm³/mol. The van der Waals surface area contributed by atoms with Gasteiger partial charge < -0.3 is 0 Å². The second-order valence-corrected chi connectivity index (χ2v) is 11.6. The molecule has 0 bridgehead atoms. The molecular formula is C5H12SSi. The van der Waals surface area contributed by atoms with E-state index in [1.165, 1.54) is 0 Å². The van der Waals surface area contributed by atoms with E-state index in [-0.39, 0.29) is 0 Å². The van der Waals surface area contributed by atoms with Crippen LogP contribution in [0.25, 0.3) is 0 Å². The Kier molecular flexibility index (Phi) is 2.69. The van der Waals surface area contributed by atoms with Crippen LogP contribution >= 0.6 is 11.2 Å². The monoisotopic (exact) mass is 132 g/mol. The van der Waals surface area contributed by atoms with E-state index in [1.54, 1.807) is 0 Å². The molecule has 2 heteroatoms. The lowest BCUT2D eigenvalue weighted by atomic mass is 11.3. The Hall–Kier alpha value is 0.307. The quantitative estimate of drug-likeness (QED) is 0.521. The van der Waals surface area contributed by atoms with Gasteiger partial charge in [0.25, 0.3) is 0 Å². The SMILES string of the molecule is C=CS[Si](C)(C)C. The summed E-state index contributed by atoms with van der Waals surface area (Å²) in [6.45, 7) is 10.6. The molecule has 0 aliphatic heterocycles. The van der Waals surface area contributed by atoms with E-state index in [0.717, 1.165) is 0 Å². The molecule has 0 aliphatic rings. The molecule has 0 spiro atoms. The zero-order valence-electron chi connectivity index (χ0n) is 5.19. The first-order valence-electron chi connectivity index (χ1n) is 2.35. The molecule has 0 heterocycles. The van der Waals surface area contributed by atoms with Crippen LogP contribution in [0.5, 0.6) is 0 Å². The molecule has 0 aliphatic carbocycles. The van der Waals surface area contributed by atoms with Gasteiger partial charge in [-0.15, -0.1) is 0 Å². The molecule has 0 nitrogen and oxygen atoms in total. The maximum Gasteiger partial charge on any atom is 0.113 e. The lowest BCUT2D eigenvalue weighted by Gasteiger charge is -2.09. The van der Waals surface area contributed by atoms with E-state index < -0.39 is 7.22 Å². The normalized spacial score (nSPS) is 11.3. The summed E-state index contributed by atoms with van der Waals surface area (Å²) in [6.07, 6.45) is 0. The summed E-state index contributed by atoms with van der Waals surface area (Å²) in [6, 6.07) is 0. The lowest BCUT2D eigenvalue weighted by molar-refractivity contribution is 1.88. The van der Waals surface area contributed by atoms with E-state index in [4.69, 9.17) is 0 Å². The summed E-state index contributed by atoms with van der Waals surface area (Å²) in [5.74, 6) is 0. The fraction of sp³-hybridized carbons (Fsp3) is 0.600. The van der Waals surface area contributed by atoms with Crippen LogP contribution in [0.2, 0.25) is 19.6 Å². The second kappa shape index (κ2) is 2.57. The zero-order chi connectivity index (χ0) is 5.91. The second-order valence-electron chi connectivity index (χ2n) is 2.40. The summed E-state index contributed by atoms with van der Waals surface area (Å²) >= 11 is 1.89. The Morgan fingerprint density at radius 3 is 1.86 bits per heavy atom. The average molecular weight is 132 g/mol. The van der Waals surface area contributed by atoms with E-state index >= 15 is 0 Å². The summed E-state index contributed by atoms with van der Waals surface area (Å²) in [4.78, 5) is 0. The van der Waals surface area contributed by atoms with Gasteiger partial charge in [-0.2, -0.15) is 11.2 Å². The third-order valence-electron chi connectivity index (χ3n) is 0.437. The van der Waals surface area contributed by atoms with E-state index in [0.29, 0.717) is 0 Å². The Balaban J connectivity index is 3.34. The minimum atomic E-state index is -0.859. The molecule has 0 fully saturated rings. The van der Waals surface area contributed by atoms with Crippen LogP contribution in [0.15, 0.2) is 12.0 Å². The van der Waals surface area contributed by atoms with Crippen molar-refractivity contribution in [2.75, 3.05) is 0 Å². The highest BCUT2D eigenvalue weighted by molar-refractivity contribution is 8.30. The Bertz CT molecular complexity index is 63.0. The van der Waals surface area contributed by atoms with Crippen molar-refractivity contribution in [3.05, 3.63) is 12.0 Å². The molecule has 0 rings (SSSR count). The molecule has 0 atom stereocenters. The van der Waals surface area contributed by atoms with Gasteiger partial charge in [0.15, 0.2) is 0 Å². The molecule has 7 heavy (non-hydrogen) atoms. The third-order valence-corrected chi connectivity index (χ3v) is 3.93. The lowest BCUT2D eigenvalue weighted by Crippen LogP contribution is -2.11. The highest BCUT2D eigenvalue weighted by atomic mass is 32.4. The van der Waals surface area contributed by atoms with Crippen molar-refractivity contribution in [2.45, 2.75) is 19.6 Å². The molecule has 0 aromatic rings. The van der Waals surface area contributed by atoms with Crippen molar-refractivity contribution in [1.29, 1.82) is 0 Å². The van der Waals surface area contributed by atoms with Gasteiger partial charge in [0.1, 0.15) is 7.22 Å². The number of hydrogen-bond donors (Lipinski definition) is 0. The van der Waals surface area contributed by atoms with Crippen molar-refractivity contribution < 1.29 is 0 Å². The molecule has 0 unspecified atom stereocenters. The zero-order valence-corrected chi connectivity index (χ0v) is 7.01. The van der Waals surface area contributed by atoms with Crippen LogP contribution in [0, 0.1) is 0 Å². The molecule has 0 radical (unpaired) electrons. The van der Waals surface area contributed by atoms with Crippen LogP contribution in [-0.2, 0) is 0 Å². The summed E-state index contributed by atoms with van der Waals surface area (Å²) in [7, 11) is -0.859. The van der Waals surface area contributed by atoms with Crippen molar-refractivity contribution in [3.8, 4) is 0 Å². The van der Waals surface area contributed by atoms with Crippen molar-refractivity contribution in [1.82, 2.24) is 0 Å². The summed E-state index contributed by atoms with van der Waals surface area (Å²) in [5.41, 5.74) is 0. The first kappa shape index (κ1) is 7.31. The first-order chi connectivity index (χ1) is 3.06. The van der Waals surface area contributed by atoms with Gasteiger partial charge in [0.05, 0.1) is 0 Å². The minimum absolute atomic E-state index is 0.859. The fourth-order valence-corrected chi connectivity index (χ4v) is 2.25. The van der Waals surface area contributed by atoms with Crippen LogP contribution in [0.3, 0.4) is 0 Å². The first-order valence-corrected chi connectivity index (χ1v) is 7.45. The van der Waals surface area contributed by atoms with Gasteiger partial charge in [-0.1, -0.05) is 26.2 Å². The highest BCUT2D eigenvalue weighted by Gasteiger charge is 2.09. The molecule has 0 saturated heterocycles. The maximum absolute atomic E-state index is 3.64. The number of hydrogen-bond acceptors (Lipinski definition) is 1. The summed E-state index contributed by atoms with van der Waals surface area (Å²) < 4.78 is 0. The van der Waals surface area contributed by atoms with E-state index in [1.807, 2.05) is 16.6 Å². The smallest absolute Gasteiger partial charge is 0.113 e. The maximum atomic E-state index is 3.64. The molecule has 0 saturated carbocycles. The van der Waals surface area contributed by atoms with Crippen molar-refractivity contribution >= 4 is 18.4 Å². The highest BCUT2D eigenvalue weighted by Crippen LogP contribution is 2.18. The Morgan fingerprint density at radius 2 is 1.86 bits per heavy atom. The average Bonchev–Trinajstić information content (AvgIpc) is 1.30. The number of rotatable bonds is 2. The Labute approximate surface area is 50.7 Å². The van der Waals surface area contributed by atoms with Crippen LogP contribution in [0.1, 0.15) is 0 Å². The van der Waals surface area contributed by atoms with Crippen molar-refractivity contribution in [2.24, 2.45) is 0 Å². The molecule has 0 aromatic heterocycles. The van der Waals surface area contributed by atoms with Gasteiger partial charge in [-0.05, 0) is 5.41 Å². The van der Waals surface area contributed by atoms with Crippen LogP contribution in [0.4, 0.5) is 0 Å². The van der Waals surface area contributed by atoms with Crippen LogP contribution < -0.4 is 0 Å². The van der Waals surface area contributed by atoms with Crippen LogP contribution in [-0.4, -0.2) is 7.22 Å². The van der Waals surface area contributed by atoms with Gasteiger partial charge in [0, 0.05) is 0 Å². The van der Waals surface area contributed by atoms with E-state index in [9.17, 15) is 0 Å². The van der Waals surface area contributed by atoms with Gasteiger partial charge in [0.2, 0.25) is 0 Å². The molecular weight excluding hydrogens is 120 g/mol. The molecule has 0 amide bonds. The largest absolute Gasteiger partial charge is 0.160 e. The molecule has 0 N–H and O–H groups in total. The van der Waals surface area contributed by atoms with Crippen molar-refractivity contribution in [3.63, 3.8) is 0 Å². The summed E-state index contributed by atoms with van der Waals surface area (Å²) in [5, 5.41) is 1.94. The Morgan fingerprint density at radius 1 is 1.43 bits per heavy atom. The van der Waals surface area contributed by atoms with Gasteiger partial charge >= 0.3 is 0 Å². The molecule has 0 aromatic carbocycles. The fourth-order valence-electron chi connectivity index (χ4n) is 0.250. The third kappa shape index (κ3) is 6.31. The standard InChI is InChI=1S/C5H12SSi/c1-5-6-7(2,3)4/h5H,1H2,2-4H3. The van der Waals surface area contributed by atoms with Gasteiger partial charge in [-0.25, -0.2) is 0 Å². The minimum Gasteiger partial charge on any atom is -0.160 e. The topological polar surface area (TPSA) is 0 Å². The van der Waals surface area contributed by atoms with Gasteiger partial charge in [-0.3, -0.25) is 0 Å².